The van der Waals surface area contributed by atoms with Crippen LogP contribution in [-0.2, 0) is 0 Å². The Kier molecular flexibility index (Phi) is 5.20. The van der Waals surface area contributed by atoms with Crippen LogP contribution in [0.1, 0.15) is 38.8 Å². The third-order valence-electron chi connectivity index (χ3n) is 1.93. The van der Waals surface area contributed by atoms with E-state index >= 15 is 0 Å². The van der Waals surface area contributed by atoms with E-state index in [1.165, 1.54) is 11.7 Å². The highest BCUT2D eigenvalue weighted by molar-refractivity contribution is 7.00. The van der Waals surface area contributed by atoms with Gasteiger partial charge in [0.15, 0.2) is 0 Å². The van der Waals surface area contributed by atoms with E-state index in [2.05, 4.69) is 32.4 Å². The molecular formula is C14H14N2S. The number of aromatic nitrogens is 2. The molecule has 0 bridgehead atoms. The molecule has 3 heteroatoms. The van der Waals surface area contributed by atoms with Gasteiger partial charge < -0.3 is 0 Å². The van der Waals surface area contributed by atoms with Gasteiger partial charge in [-0.25, -0.2) is 0 Å². The van der Waals surface area contributed by atoms with Crippen LogP contribution in [0.15, 0.2) is 12.1 Å². The van der Waals surface area contributed by atoms with Gasteiger partial charge in [-0.2, -0.15) is 8.75 Å². The zero-order chi connectivity index (χ0) is 12.7. The fourth-order valence-corrected chi connectivity index (χ4v) is 1.91. The van der Waals surface area contributed by atoms with E-state index in [9.17, 15) is 0 Å². The van der Waals surface area contributed by atoms with Crippen LogP contribution >= 0.6 is 11.7 Å². The zero-order valence-corrected chi connectivity index (χ0v) is 11.3. The second-order valence-electron chi connectivity index (χ2n) is 2.87. The molecule has 1 heterocycles. The van der Waals surface area contributed by atoms with E-state index in [1.54, 1.807) is 0 Å². The topological polar surface area (TPSA) is 25.8 Å². The molecule has 0 aliphatic carbocycles. The van der Waals surface area contributed by atoms with Gasteiger partial charge in [0, 0.05) is 0 Å². The molecule has 0 radical (unpaired) electrons. The summed E-state index contributed by atoms with van der Waals surface area (Å²) < 4.78 is 8.48. The summed E-state index contributed by atoms with van der Waals surface area (Å²) in [5.41, 5.74) is 3.55. The summed E-state index contributed by atoms with van der Waals surface area (Å²) in [7, 11) is 0. The van der Waals surface area contributed by atoms with Crippen molar-refractivity contribution >= 4 is 22.8 Å². The van der Waals surface area contributed by atoms with E-state index in [4.69, 9.17) is 0 Å². The maximum atomic E-state index is 4.24. The Morgan fingerprint density at radius 3 is 1.65 bits per heavy atom. The van der Waals surface area contributed by atoms with Crippen LogP contribution in [0.3, 0.4) is 0 Å². The number of hydrogen-bond acceptors (Lipinski definition) is 3. The first-order valence-corrected chi connectivity index (χ1v) is 6.20. The highest BCUT2D eigenvalue weighted by Gasteiger charge is 2.06. The van der Waals surface area contributed by atoms with E-state index < -0.39 is 0 Å². The third kappa shape index (κ3) is 2.84. The molecule has 2 rings (SSSR count). The Labute approximate surface area is 106 Å². The molecule has 0 N–H and O–H groups in total. The Hall–Kier alpha value is -1.84. The minimum atomic E-state index is 0.856. The maximum absolute atomic E-state index is 4.24. The van der Waals surface area contributed by atoms with Crippen molar-refractivity contribution in [3.63, 3.8) is 0 Å². The van der Waals surface area contributed by atoms with Gasteiger partial charge in [0.2, 0.25) is 0 Å². The first-order chi connectivity index (χ1) is 8.36. The normalized spacial score (nSPS) is 8.24. The van der Waals surface area contributed by atoms with Crippen molar-refractivity contribution in [2.24, 2.45) is 0 Å². The monoisotopic (exact) mass is 242 g/mol. The maximum Gasteiger partial charge on any atom is 0.121 e. The molecule has 0 aliphatic heterocycles. The number of fused-ring (bicyclic) bond motifs is 1. The summed E-state index contributed by atoms with van der Waals surface area (Å²) in [5.74, 6) is 11.8. The molecule has 86 valence electrons. The molecule has 0 amide bonds. The van der Waals surface area contributed by atoms with Crippen molar-refractivity contribution < 1.29 is 0 Å². The predicted octanol–water partition coefficient (Wildman–Crippen LogP) is 3.46. The molecule has 0 aliphatic rings. The van der Waals surface area contributed by atoms with Crippen LogP contribution in [0.5, 0.6) is 0 Å². The second kappa shape index (κ2) is 6.68. The second-order valence-corrected chi connectivity index (χ2v) is 3.40. The zero-order valence-electron chi connectivity index (χ0n) is 10.5. The van der Waals surface area contributed by atoms with Gasteiger partial charge in [0.25, 0.3) is 0 Å². The van der Waals surface area contributed by atoms with Crippen LogP contribution in [0, 0.1) is 23.7 Å². The summed E-state index contributed by atoms with van der Waals surface area (Å²) in [4.78, 5) is 0. The summed E-state index contributed by atoms with van der Waals surface area (Å²) >= 11 is 1.20. The Morgan fingerprint density at radius 1 is 0.882 bits per heavy atom. The first-order valence-electron chi connectivity index (χ1n) is 5.47. The quantitative estimate of drug-likeness (QED) is 0.661. The van der Waals surface area contributed by atoms with E-state index in [0.29, 0.717) is 0 Å². The lowest BCUT2D eigenvalue weighted by molar-refractivity contribution is 1.50. The lowest BCUT2D eigenvalue weighted by Crippen LogP contribution is -1.83. The molecule has 1 aromatic carbocycles. The van der Waals surface area contributed by atoms with Crippen LogP contribution in [0.25, 0.3) is 11.0 Å². The number of rotatable bonds is 0. The molecule has 0 saturated heterocycles. The van der Waals surface area contributed by atoms with Gasteiger partial charge in [-0.05, 0) is 26.0 Å². The third-order valence-corrected chi connectivity index (χ3v) is 2.46. The van der Waals surface area contributed by atoms with Crippen molar-refractivity contribution in [2.45, 2.75) is 27.7 Å². The average Bonchev–Trinajstić information content (AvgIpc) is 2.85. The van der Waals surface area contributed by atoms with Crippen LogP contribution in [-0.4, -0.2) is 8.75 Å². The molecule has 0 atom stereocenters. The van der Waals surface area contributed by atoms with Crippen molar-refractivity contribution in [3.8, 4) is 23.7 Å². The molecular weight excluding hydrogens is 228 g/mol. The molecule has 0 spiro atoms. The van der Waals surface area contributed by atoms with E-state index in [0.717, 1.165) is 22.2 Å². The van der Waals surface area contributed by atoms with Gasteiger partial charge >= 0.3 is 0 Å². The fourth-order valence-electron chi connectivity index (χ4n) is 1.34. The highest BCUT2D eigenvalue weighted by Crippen LogP contribution is 2.19. The summed E-state index contributed by atoms with van der Waals surface area (Å²) in [6.45, 7) is 7.62. The lowest BCUT2D eigenvalue weighted by atomic mass is 10.1. The molecule has 2 aromatic rings. The van der Waals surface area contributed by atoms with Crippen molar-refractivity contribution in [1.29, 1.82) is 0 Å². The van der Waals surface area contributed by atoms with Gasteiger partial charge in [-0.15, -0.1) is 11.8 Å². The van der Waals surface area contributed by atoms with Crippen LogP contribution < -0.4 is 0 Å². The summed E-state index contributed by atoms with van der Waals surface area (Å²) in [6, 6.07) is 3.89. The average molecular weight is 242 g/mol. The largest absolute Gasteiger partial charge is 0.172 e. The minimum Gasteiger partial charge on any atom is -0.172 e. The van der Waals surface area contributed by atoms with Crippen LogP contribution in [0.2, 0.25) is 0 Å². The van der Waals surface area contributed by atoms with Crippen molar-refractivity contribution in [3.05, 3.63) is 23.3 Å². The molecule has 1 aromatic heterocycles. The molecule has 0 fully saturated rings. The molecule has 0 unspecified atom stereocenters. The fraction of sp³-hybridized carbons (Fsp3) is 0.286. The van der Waals surface area contributed by atoms with Crippen molar-refractivity contribution in [1.82, 2.24) is 8.75 Å². The predicted molar refractivity (Wildman–Crippen MR) is 73.9 cm³/mol. The van der Waals surface area contributed by atoms with Gasteiger partial charge in [0.05, 0.1) is 22.9 Å². The standard InChI is InChI=1S/C12H8N2S.C2H6/c1-3-5-9-7-8-10(6-4-2)12-11(9)13-15-14-12;1-2/h7-8H,1-2H3;1-2H3. The van der Waals surface area contributed by atoms with Gasteiger partial charge in [-0.1, -0.05) is 25.7 Å². The Bertz CT molecular complexity index is 564. The van der Waals surface area contributed by atoms with E-state index in [1.807, 2.05) is 39.8 Å². The van der Waals surface area contributed by atoms with Gasteiger partial charge in [-0.3, -0.25) is 0 Å². The summed E-state index contributed by atoms with van der Waals surface area (Å²) in [6.07, 6.45) is 0. The minimum absolute atomic E-state index is 0.856. The van der Waals surface area contributed by atoms with Crippen molar-refractivity contribution in [2.75, 3.05) is 0 Å². The molecule has 0 saturated carbocycles. The Morgan fingerprint density at radius 2 is 1.29 bits per heavy atom. The number of nitrogens with zero attached hydrogens (tertiary/aromatic N) is 2. The SMILES string of the molecule is CC.CC#Cc1ccc(C#CC)c2nsnc12. The molecule has 17 heavy (non-hydrogen) atoms. The van der Waals surface area contributed by atoms with E-state index in [-0.39, 0.29) is 0 Å². The number of benzene rings is 1. The molecule has 2 nitrogen and oxygen atoms in total. The Balaban J connectivity index is 0.000000686. The van der Waals surface area contributed by atoms with Crippen LogP contribution in [0.4, 0.5) is 0 Å². The van der Waals surface area contributed by atoms with Gasteiger partial charge in [0.1, 0.15) is 11.0 Å². The number of hydrogen-bond donors (Lipinski definition) is 0. The summed E-state index contributed by atoms with van der Waals surface area (Å²) in [5, 5.41) is 0. The first kappa shape index (κ1) is 13.2. The smallest absolute Gasteiger partial charge is 0.121 e. The highest BCUT2D eigenvalue weighted by atomic mass is 32.1. The lowest BCUT2D eigenvalue weighted by Gasteiger charge is -1.94.